The van der Waals surface area contributed by atoms with E-state index in [0.717, 1.165) is 35.5 Å². The summed E-state index contributed by atoms with van der Waals surface area (Å²) >= 11 is 1.06. The van der Waals surface area contributed by atoms with Gasteiger partial charge in [0.25, 0.3) is 5.91 Å². The number of rotatable bonds is 5. The number of nitrogens with one attached hydrogen (secondary N) is 2. The lowest BCUT2D eigenvalue weighted by atomic mass is 10.1. The van der Waals surface area contributed by atoms with E-state index in [2.05, 4.69) is 22.2 Å². The van der Waals surface area contributed by atoms with Crippen molar-refractivity contribution in [2.45, 2.75) is 25.1 Å². The van der Waals surface area contributed by atoms with E-state index in [1.807, 2.05) is 0 Å². The third-order valence-corrected chi connectivity index (χ3v) is 7.54. The van der Waals surface area contributed by atoms with Gasteiger partial charge in [-0.15, -0.1) is 11.3 Å². The van der Waals surface area contributed by atoms with Crippen LogP contribution in [0.25, 0.3) is 10.2 Å². The Morgan fingerprint density at radius 1 is 1.32 bits per heavy atom. The highest BCUT2D eigenvalue weighted by molar-refractivity contribution is 7.21. The first kappa shape index (κ1) is 25.5. The van der Waals surface area contributed by atoms with Crippen molar-refractivity contribution in [2.75, 3.05) is 30.4 Å². The maximum atomic E-state index is 13.6. The molecule has 4 heterocycles. The number of carbonyl (C=O) groups excluding carboxylic acids is 3. The van der Waals surface area contributed by atoms with E-state index in [4.69, 9.17) is 4.74 Å². The van der Waals surface area contributed by atoms with Gasteiger partial charge in [-0.05, 0) is 43.2 Å². The number of anilines is 3. The first-order valence-corrected chi connectivity index (χ1v) is 12.4. The summed E-state index contributed by atoms with van der Waals surface area (Å²) in [5.41, 5.74) is -0.516. The van der Waals surface area contributed by atoms with Gasteiger partial charge in [0.05, 0.1) is 35.1 Å². The molecule has 0 aliphatic carbocycles. The number of halogens is 3. The molecule has 2 aliphatic heterocycles. The fourth-order valence-corrected chi connectivity index (χ4v) is 5.75. The van der Waals surface area contributed by atoms with E-state index in [1.165, 1.54) is 24.4 Å². The van der Waals surface area contributed by atoms with Gasteiger partial charge in [0.15, 0.2) is 0 Å². The number of hydrogen-bond donors (Lipinski definition) is 2. The molecular formula is C25H22F3N5O4S. The number of piperidine rings is 1. The molecule has 3 aromatic rings. The van der Waals surface area contributed by atoms with Gasteiger partial charge >= 0.3 is 12.2 Å². The van der Waals surface area contributed by atoms with E-state index in [9.17, 15) is 27.6 Å². The monoisotopic (exact) mass is 545 g/mol. The van der Waals surface area contributed by atoms with Gasteiger partial charge in [-0.1, -0.05) is 6.58 Å². The second kappa shape index (κ2) is 9.63. The highest BCUT2D eigenvalue weighted by atomic mass is 32.1. The Balaban J connectivity index is 1.50. The van der Waals surface area contributed by atoms with Crippen LogP contribution in [-0.2, 0) is 11.0 Å². The number of pyridine rings is 1. The third-order valence-electron chi connectivity index (χ3n) is 6.44. The summed E-state index contributed by atoms with van der Waals surface area (Å²) < 4.78 is 45.8. The van der Waals surface area contributed by atoms with E-state index in [0.29, 0.717) is 41.8 Å². The lowest BCUT2D eigenvalue weighted by Gasteiger charge is -2.32. The Hall–Kier alpha value is -4.13. The quantitative estimate of drug-likeness (QED) is 0.444. The Labute approximate surface area is 218 Å². The van der Waals surface area contributed by atoms with Gasteiger partial charge in [0.2, 0.25) is 5.91 Å². The topological polar surface area (TPSA) is 104 Å². The van der Waals surface area contributed by atoms with Crippen molar-refractivity contribution in [1.82, 2.24) is 15.2 Å². The number of likely N-dealkylation sites (tertiary alicyclic amines) is 1. The van der Waals surface area contributed by atoms with Gasteiger partial charge < -0.3 is 20.3 Å². The minimum Gasteiger partial charge on any atom is -0.496 e. The molecule has 1 atom stereocenters. The molecular weight excluding hydrogens is 523 g/mol. The van der Waals surface area contributed by atoms with Gasteiger partial charge in [0, 0.05) is 25.3 Å². The number of thiophene rings is 1. The molecule has 0 radical (unpaired) electrons. The molecule has 0 unspecified atom stereocenters. The molecule has 198 valence electrons. The van der Waals surface area contributed by atoms with Crippen molar-refractivity contribution in [3.8, 4) is 5.75 Å². The van der Waals surface area contributed by atoms with Crippen molar-refractivity contribution in [3.63, 3.8) is 0 Å². The molecule has 38 heavy (non-hydrogen) atoms. The molecule has 13 heteroatoms. The van der Waals surface area contributed by atoms with Gasteiger partial charge in [-0.25, -0.2) is 9.78 Å². The molecule has 5 rings (SSSR count). The Morgan fingerprint density at radius 2 is 2.11 bits per heavy atom. The zero-order chi connectivity index (χ0) is 27.2. The fraction of sp³-hybridized carbons (Fsp3) is 0.280. The molecule has 1 saturated heterocycles. The molecule has 0 bridgehead atoms. The predicted octanol–water partition coefficient (Wildman–Crippen LogP) is 4.91. The minimum atomic E-state index is -4.70. The van der Waals surface area contributed by atoms with Crippen LogP contribution in [-0.4, -0.2) is 54.0 Å². The molecule has 4 amide bonds. The smallest absolute Gasteiger partial charge is 0.420 e. The third kappa shape index (κ3) is 4.42. The number of ether oxygens (including phenoxy) is 1. The van der Waals surface area contributed by atoms with Crippen molar-refractivity contribution in [1.29, 1.82) is 0 Å². The van der Waals surface area contributed by atoms with Crippen LogP contribution in [0.3, 0.4) is 0 Å². The van der Waals surface area contributed by atoms with E-state index < -0.39 is 23.7 Å². The summed E-state index contributed by atoms with van der Waals surface area (Å²) in [5, 5.41) is 6.04. The predicted molar refractivity (Wildman–Crippen MR) is 136 cm³/mol. The Morgan fingerprint density at radius 3 is 2.82 bits per heavy atom. The van der Waals surface area contributed by atoms with E-state index in [-0.39, 0.29) is 34.0 Å². The van der Waals surface area contributed by atoms with Crippen molar-refractivity contribution in [3.05, 3.63) is 53.6 Å². The summed E-state index contributed by atoms with van der Waals surface area (Å²) in [4.78, 5) is 46.2. The second-order valence-corrected chi connectivity index (χ2v) is 9.76. The molecule has 1 aromatic carbocycles. The maximum absolute atomic E-state index is 13.6. The summed E-state index contributed by atoms with van der Waals surface area (Å²) in [6, 6.07) is 3.84. The van der Waals surface area contributed by atoms with Crippen LogP contribution in [0.1, 0.15) is 28.1 Å². The number of nitrogens with zero attached hydrogens (tertiary/aromatic N) is 3. The number of urea groups is 1. The zero-order valence-electron chi connectivity index (χ0n) is 20.1. The first-order chi connectivity index (χ1) is 18.1. The summed E-state index contributed by atoms with van der Waals surface area (Å²) in [6.45, 7) is 4.41. The largest absolute Gasteiger partial charge is 0.496 e. The average molecular weight is 546 g/mol. The first-order valence-electron chi connectivity index (χ1n) is 11.6. The van der Waals surface area contributed by atoms with Crippen molar-refractivity contribution >= 4 is 56.5 Å². The number of aromatic nitrogens is 1. The van der Waals surface area contributed by atoms with E-state index >= 15 is 0 Å². The van der Waals surface area contributed by atoms with Crippen LogP contribution in [0.2, 0.25) is 0 Å². The number of carbonyl (C=O) groups is 3. The SMILES string of the molecule is C=CC(=O)N1CCC[C@@H](NC(=O)c2sc3nccc4c3c2NC(=O)N4c2ccc(OC)c(C(F)(F)F)c2)C1. The second-order valence-electron chi connectivity index (χ2n) is 8.77. The van der Waals surface area contributed by atoms with Crippen LogP contribution in [0.5, 0.6) is 5.75 Å². The van der Waals surface area contributed by atoms with Gasteiger partial charge in [0.1, 0.15) is 15.5 Å². The number of alkyl halides is 3. The van der Waals surface area contributed by atoms with Gasteiger partial charge in [-0.3, -0.25) is 14.5 Å². The van der Waals surface area contributed by atoms with Gasteiger partial charge in [-0.2, -0.15) is 13.2 Å². The lowest BCUT2D eigenvalue weighted by Crippen LogP contribution is -2.49. The zero-order valence-corrected chi connectivity index (χ0v) is 20.9. The molecule has 2 aromatic heterocycles. The Bertz CT molecular complexity index is 1470. The summed E-state index contributed by atoms with van der Waals surface area (Å²) in [6.07, 6.45) is -0.655. The lowest BCUT2D eigenvalue weighted by molar-refractivity contribution is -0.138. The maximum Gasteiger partial charge on any atom is 0.420 e. The van der Waals surface area contributed by atoms with Crippen LogP contribution < -0.4 is 20.3 Å². The fourth-order valence-electron chi connectivity index (χ4n) is 4.73. The highest BCUT2D eigenvalue weighted by Gasteiger charge is 2.38. The number of methoxy groups -OCH3 is 1. The van der Waals surface area contributed by atoms with Crippen molar-refractivity contribution in [2.24, 2.45) is 0 Å². The van der Waals surface area contributed by atoms with Crippen molar-refractivity contribution < 1.29 is 32.3 Å². The van der Waals surface area contributed by atoms with Crippen LogP contribution in [0.15, 0.2) is 43.1 Å². The summed E-state index contributed by atoms with van der Waals surface area (Å²) in [7, 11) is 1.14. The number of amides is 4. The number of hydrogen-bond acceptors (Lipinski definition) is 6. The average Bonchev–Trinajstić information content (AvgIpc) is 3.27. The Kier molecular flexibility index (Phi) is 6.47. The molecule has 2 aliphatic rings. The van der Waals surface area contributed by atoms with E-state index in [1.54, 1.807) is 4.90 Å². The normalized spacial score (nSPS) is 17.3. The van der Waals surface area contributed by atoms with Crippen LogP contribution in [0.4, 0.5) is 35.0 Å². The highest BCUT2D eigenvalue weighted by Crippen LogP contribution is 2.47. The summed E-state index contributed by atoms with van der Waals surface area (Å²) in [5.74, 6) is -1.02. The minimum absolute atomic E-state index is 0.0276. The molecule has 1 fully saturated rings. The van der Waals surface area contributed by atoms with Crippen LogP contribution in [0, 0.1) is 0 Å². The molecule has 2 N–H and O–H groups in total. The number of benzene rings is 1. The molecule has 0 spiro atoms. The standard InChI is InChI=1S/C25H22F3N5O4S/c1-3-18(34)32-10-4-5-13(12-32)30-22(35)21-20-19-16(8-9-29-23(19)38-21)33(24(36)31-20)14-6-7-17(37-2)15(11-14)25(26,27)28/h3,6-9,11,13H,1,4-5,10,12H2,2H3,(H,30,35)(H,31,36)/t13-/m1/s1. The molecule has 0 saturated carbocycles. The molecule has 9 nitrogen and oxygen atoms in total. The van der Waals surface area contributed by atoms with Crippen LogP contribution >= 0.6 is 11.3 Å².